The highest BCUT2D eigenvalue weighted by atomic mass is 16.5. The molecule has 0 unspecified atom stereocenters. The van der Waals surface area contributed by atoms with Crippen LogP contribution in [0, 0.1) is 12.3 Å². The molecule has 1 aliphatic rings. The Balaban J connectivity index is 1.87. The molecule has 1 aromatic carbocycles. The third kappa shape index (κ3) is 2.63. The van der Waals surface area contributed by atoms with E-state index in [0.29, 0.717) is 11.5 Å². The van der Waals surface area contributed by atoms with Crippen LogP contribution in [0.2, 0.25) is 0 Å². The summed E-state index contributed by atoms with van der Waals surface area (Å²) in [5.74, 6) is 0. The van der Waals surface area contributed by atoms with Gasteiger partial charge in [-0.15, -0.1) is 0 Å². The van der Waals surface area contributed by atoms with Crippen LogP contribution >= 0.6 is 0 Å². The van der Waals surface area contributed by atoms with E-state index in [1.807, 2.05) is 0 Å². The van der Waals surface area contributed by atoms with Gasteiger partial charge in [-0.3, -0.25) is 0 Å². The first-order valence-electron chi connectivity index (χ1n) is 5.97. The molecule has 0 aromatic heterocycles. The molecule has 0 aliphatic carbocycles. The Morgan fingerprint density at radius 3 is 2.44 bits per heavy atom. The molecule has 1 aliphatic heterocycles. The molecule has 0 radical (unpaired) electrons. The van der Waals surface area contributed by atoms with Gasteiger partial charge in [-0.05, 0) is 19.4 Å². The average Bonchev–Trinajstić information content (AvgIpc) is 2.24. The second-order valence-corrected chi connectivity index (χ2v) is 5.32. The molecule has 1 fully saturated rings. The zero-order valence-electron chi connectivity index (χ0n) is 10.4. The van der Waals surface area contributed by atoms with Crippen LogP contribution < -0.4 is 5.32 Å². The fraction of sp³-hybridized carbons (Fsp3) is 0.571. The normalized spacial score (nSPS) is 20.2. The first-order chi connectivity index (χ1) is 7.59. The van der Waals surface area contributed by atoms with Crippen molar-refractivity contribution < 1.29 is 4.74 Å². The number of hydrogen-bond donors (Lipinski definition) is 1. The van der Waals surface area contributed by atoms with E-state index < -0.39 is 0 Å². The lowest BCUT2D eigenvalue weighted by Gasteiger charge is -2.39. The summed E-state index contributed by atoms with van der Waals surface area (Å²) in [6.07, 6.45) is 0. The Kier molecular flexibility index (Phi) is 3.31. The minimum Gasteiger partial charge on any atom is -0.380 e. The molecule has 1 N–H and O–H groups in total. The molecule has 1 saturated heterocycles. The first kappa shape index (κ1) is 11.6. The highest BCUT2D eigenvalue weighted by molar-refractivity contribution is 5.23. The molecule has 1 aromatic rings. The largest absolute Gasteiger partial charge is 0.380 e. The van der Waals surface area contributed by atoms with Crippen molar-refractivity contribution in [2.45, 2.75) is 26.8 Å². The van der Waals surface area contributed by atoms with Crippen LogP contribution in [0.3, 0.4) is 0 Å². The highest BCUT2D eigenvalue weighted by Gasteiger charge is 2.33. The van der Waals surface area contributed by atoms with Crippen molar-refractivity contribution in [1.29, 1.82) is 0 Å². The SMILES string of the molecule is Cc1ccc([C@H](C)NCC2(C)COC2)cc1. The summed E-state index contributed by atoms with van der Waals surface area (Å²) in [4.78, 5) is 0. The van der Waals surface area contributed by atoms with Crippen LogP contribution in [0.15, 0.2) is 24.3 Å². The second kappa shape index (κ2) is 4.56. The number of hydrogen-bond acceptors (Lipinski definition) is 2. The molecule has 88 valence electrons. The lowest BCUT2D eigenvalue weighted by atomic mass is 9.88. The van der Waals surface area contributed by atoms with Gasteiger partial charge in [0.25, 0.3) is 0 Å². The van der Waals surface area contributed by atoms with Gasteiger partial charge in [-0.1, -0.05) is 36.8 Å². The number of benzene rings is 1. The van der Waals surface area contributed by atoms with Gasteiger partial charge in [0.1, 0.15) is 0 Å². The van der Waals surface area contributed by atoms with Gasteiger partial charge < -0.3 is 10.1 Å². The van der Waals surface area contributed by atoms with Crippen molar-refractivity contribution in [3.05, 3.63) is 35.4 Å². The van der Waals surface area contributed by atoms with Crippen LogP contribution in [0.1, 0.15) is 31.0 Å². The van der Waals surface area contributed by atoms with E-state index in [-0.39, 0.29) is 0 Å². The van der Waals surface area contributed by atoms with E-state index in [2.05, 4.69) is 50.4 Å². The van der Waals surface area contributed by atoms with Gasteiger partial charge in [-0.2, -0.15) is 0 Å². The van der Waals surface area contributed by atoms with Crippen molar-refractivity contribution in [2.75, 3.05) is 19.8 Å². The lowest BCUT2D eigenvalue weighted by molar-refractivity contribution is -0.0999. The Morgan fingerprint density at radius 2 is 1.94 bits per heavy atom. The molecule has 16 heavy (non-hydrogen) atoms. The standard InChI is InChI=1S/C14H21NO/c1-11-4-6-13(7-5-11)12(2)15-8-14(3)9-16-10-14/h4-7,12,15H,8-10H2,1-3H3/t12-/m0/s1. The predicted octanol–water partition coefficient (Wildman–Crippen LogP) is 2.68. The third-order valence-electron chi connectivity index (χ3n) is 3.31. The maximum absolute atomic E-state index is 5.25. The molecule has 0 saturated carbocycles. The summed E-state index contributed by atoms with van der Waals surface area (Å²) in [7, 11) is 0. The fourth-order valence-corrected chi connectivity index (χ4v) is 1.93. The predicted molar refractivity (Wildman–Crippen MR) is 66.5 cm³/mol. The van der Waals surface area contributed by atoms with Crippen LogP contribution in [0.5, 0.6) is 0 Å². The van der Waals surface area contributed by atoms with Crippen molar-refractivity contribution in [2.24, 2.45) is 5.41 Å². The zero-order chi connectivity index (χ0) is 11.6. The van der Waals surface area contributed by atoms with Gasteiger partial charge in [0.05, 0.1) is 13.2 Å². The van der Waals surface area contributed by atoms with E-state index in [9.17, 15) is 0 Å². The molecular formula is C14H21NO. The highest BCUT2D eigenvalue weighted by Crippen LogP contribution is 2.26. The number of ether oxygens (including phenoxy) is 1. The minimum absolute atomic E-state index is 0.346. The Bertz CT molecular complexity index is 340. The molecule has 2 rings (SSSR count). The van der Waals surface area contributed by atoms with Crippen molar-refractivity contribution in [1.82, 2.24) is 5.32 Å². The third-order valence-corrected chi connectivity index (χ3v) is 3.31. The van der Waals surface area contributed by atoms with E-state index in [4.69, 9.17) is 4.74 Å². The van der Waals surface area contributed by atoms with E-state index in [1.165, 1.54) is 11.1 Å². The molecule has 2 heteroatoms. The number of nitrogens with one attached hydrogen (secondary N) is 1. The van der Waals surface area contributed by atoms with Gasteiger partial charge >= 0.3 is 0 Å². The summed E-state index contributed by atoms with van der Waals surface area (Å²) < 4.78 is 5.25. The summed E-state index contributed by atoms with van der Waals surface area (Å²) in [5.41, 5.74) is 3.02. The quantitative estimate of drug-likeness (QED) is 0.840. The molecule has 1 heterocycles. The molecule has 1 atom stereocenters. The van der Waals surface area contributed by atoms with Gasteiger partial charge in [0.2, 0.25) is 0 Å². The Hall–Kier alpha value is -0.860. The van der Waals surface area contributed by atoms with E-state index >= 15 is 0 Å². The number of aryl methyl sites for hydroxylation is 1. The smallest absolute Gasteiger partial charge is 0.0554 e. The monoisotopic (exact) mass is 219 g/mol. The Morgan fingerprint density at radius 1 is 1.31 bits per heavy atom. The molecular weight excluding hydrogens is 198 g/mol. The zero-order valence-corrected chi connectivity index (χ0v) is 10.4. The second-order valence-electron chi connectivity index (χ2n) is 5.32. The molecule has 0 bridgehead atoms. The summed E-state index contributed by atoms with van der Waals surface area (Å²) >= 11 is 0. The topological polar surface area (TPSA) is 21.3 Å². The van der Waals surface area contributed by atoms with Crippen LogP contribution in [0.25, 0.3) is 0 Å². The summed E-state index contributed by atoms with van der Waals surface area (Å²) in [5, 5.41) is 3.58. The van der Waals surface area contributed by atoms with Crippen LogP contribution in [-0.2, 0) is 4.74 Å². The van der Waals surface area contributed by atoms with Gasteiger partial charge in [0.15, 0.2) is 0 Å². The van der Waals surface area contributed by atoms with Crippen molar-refractivity contribution in [3.8, 4) is 0 Å². The fourth-order valence-electron chi connectivity index (χ4n) is 1.93. The first-order valence-corrected chi connectivity index (χ1v) is 5.97. The van der Waals surface area contributed by atoms with E-state index in [1.54, 1.807) is 0 Å². The van der Waals surface area contributed by atoms with E-state index in [0.717, 1.165) is 19.8 Å². The molecule has 2 nitrogen and oxygen atoms in total. The Labute approximate surface area is 98.0 Å². The molecule has 0 amide bonds. The molecule has 0 spiro atoms. The van der Waals surface area contributed by atoms with Crippen molar-refractivity contribution in [3.63, 3.8) is 0 Å². The maximum atomic E-state index is 5.25. The van der Waals surface area contributed by atoms with Gasteiger partial charge in [0, 0.05) is 18.0 Å². The van der Waals surface area contributed by atoms with Crippen LogP contribution in [0.4, 0.5) is 0 Å². The van der Waals surface area contributed by atoms with Gasteiger partial charge in [-0.25, -0.2) is 0 Å². The average molecular weight is 219 g/mol. The summed E-state index contributed by atoms with van der Waals surface area (Å²) in [6.45, 7) is 9.41. The lowest BCUT2D eigenvalue weighted by Crippen LogP contribution is -2.47. The number of rotatable bonds is 4. The van der Waals surface area contributed by atoms with Crippen molar-refractivity contribution >= 4 is 0 Å². The minimum atomic E-state index is 0.346. The van der Waals surface area contributed by atoms with Crippen LogP contribution in [-0.4, -0.2) is 19.8 Å². The summed E-state index contributed by atoms with van der Waals surface area (Å²) in [6, 6.07) is 9.15. The maximum Gasteiger partial charge on any atom is 0.0554 e.